The van der Waals surface area contributed by atoms with Crippen LogP contribution in [0.1, 0.15) is 22.3 Å². The molecule has 0 bridgehead atoms. The summed E-state index contributed by atoms with van der Waals surface area (Å²) in [5.74, 6) is 0. The Morgan fingerprint density at radius 1 is 0.895 bits per heavy atom. The van der Waals surface area contributed by atoms with Gasteiger partial charge in [-0.05, 0) is 44.0 Å². The minimum atomic E-state index is 0.562. The van der Waals surface area contributed by atoms with E-state index in [0.29, 0.717) is 6.54 Å². The van der Waals surface area contributed by atoms with Gasteiger partial charge in [0.25, 0.3) is 0 Å². The molecule has 2 nitrogen and oxygen atoms in total. The van der Waals surface area contributed by atoms with Crippen LogP contribution >= 0.6 is 0 Å². The number of nitrogens with two attached hydrogens (primary N) is 1. The molecule has 19 heavy (non-hydrogen) atoms. The Labute approximate surface area is 115 Å². The highest BCUT2D eigenvalue weighted by Gasteiger charge is 2.10. The Kier molecular flexibility index (Phi) is 3.91. The van der Waals surface area contributed by atoms with Crippen molar-refractivity contribution in [2.24, 2.45) is 5.73 Å². The first-order valence-electron chi connectivity index (χ1n) is 6.63. The molecule has 0 unspecified atom stereocenters. The Hall–Kier alpha value is -1.80. The average molecular weight is 254 g/mol. The van der Waals surface area contributed by atoms with Gasteiger partial charge in [0, 0.05) is 25.0 Å². The van der Waals surface area contributed by atoms with E-state index in [1.54, 1.807) is 0 Å². The number of aryl methyl sites for hydroxylation is 3. The quantitative estimate of drug-likeness (QED) is 0.901. The second-order valence-corrected chi connectivity index (χ2v) is 5.19. The molecule has 0 amide bonds. The Bertz CT molecular complexity index is 588. The van der Waals surface area contributed by atoms with E-state index in [1.807, 2.05) is 0 Å². The molecule has 0 heterocycles. The number of nitrogens with zero attached hydrogens (tertiary/aromatic N) is 1. The Balaban J connectivity index is 2.46. The number of anilines is 2. The summed E-state index contributed by atoms with van der Waals surface area (Å²) in [4.78, 5) is 2.22. The lowest BCUT2D eigenvalue weighted by atomic mass is 10.1. The maximum atomic E-state index is 5.87. The van der Waals surface area contributed by atoms with Crippen molar-refractivity contribution in [1.29, 1.82) is 0 Å². The van der Waals surface area contributed by atoms with E-state index in [-0.39, 0.29) is 0 Å². The fourth-order valence-electron chi connectivity index (χ4n) is 2.52. The molecule has 0 saturated carbocycles. The van der Waals surface area contributed by atoms with Crippen molar-refractivity contribution in [3.63, 3.8) is 0 Å². The van der Waals surface area contributed by atoms with Gasteiger partial charge in [-0.1, -0.05) is 35.4 Å². The van der Waals surface area contributed by atoms with E-state index in [9.17, 15) is 0 Å². The zero-order chi connectivity index (χ0) is 14.0. The first-order chi connectivity index (χ1) is 9.02. The van der Waals surface area contributed by atoms with Crippen LogP contribution in [0.15, 0.2) is 36.4 Å². The van der Waals surface area contributed by atoms with Crippen LogP contribution in [0.5, 0.6) is 0 Å². The fourth-order valence-corrected chi connectivity index (χ4v) is 2.52. The van der Waals surface area contributed by atoms with E-state index >= 15 is 0 Å². The van der Waals surface area contributed by atoms with Gasteiger partial charge in [0.15, 0.2) is 0 Å². The number of hydrogen-bond acceptors (Lipinski definition) is 2. The normalized spacial score (nSPS) is 10.6. The van der Waals surface area contributed by atoms with Crippen LogP contribution in [0, 0.1) is 20.8 Å². The lowest BCUT2D eigenvalue weighted by Crippen LogP contribution is -2.14. The molecule has 2 rings (SSSR count). The van der Waals surface area contributed by atoms with Crippen LogP contribution in [0.4, 0.5) is 11.4 Å². The summed E-state index contributed by atoms with van der Waals surface area (Å²) in [5.41, 5.74) is 13.3. The van der Waals surface area contributed by atoms with Crippen LogP contribution in [0.3, 0.4) is 0 Å². The molecule has 0 saturated heterocycles. The highest BCUT2D eigenvalue weighted by Crippen LogP contribution is 2.30. The standard InChI is InChI=1S/C17H22N2/c1-12-5-7-16(14(3)9-12)19(4)17-8-6-13(2)10-15(17)11-18/h5-10H,11,18H2,1-4H3. The zero-order valence-corrected chi connectivity index (χ0v) is 12.2. The molecule has 0 aromatic heterocycles. The molecule has 2 aromatic rings. The lowest BCUT2D eigenvalue weighted by Gasteiger charge is -2.24. The number of benzene rings is 2. The van der Waals surface area contributed by atoms with Crippen molar-refractivity contribution < 1.29 is 0 Å². The molecule has 2 aromatic carbocycles. The molecule has 0 spiro atoms. The Morgan fingerprint density at radius 3 is 2.05 bits per heavy atom. The predicted molar refractivity (Wildman–Crippen MR) is 83.0 cm³/mol. The monoisotopic (exact) mass is 254 g/mol. The van der Waals surface area contributed by atoms with Crippen molar-refractivity contribution in [3.05, 3.63) is 58.7 Å². The maximum Gasteiger partial charge on any atom is 0.0453 e. The van der Waals surface area contributed by atoms with Gasteiger partial charge in [-0.15, -0.1) is 0 Å². The minimum Gasteiger partial charge on any atom is -0.344 e. The van der Waals surface area contributed by atoms with Crippen molar-refractivity contribution >= 4 is 11.4 Å². The summed E-state index contributed by atoms with van der Waals surface area (Å²) in [5, 5.41) is 0. The van der Waals surface area contributed by atoms with E-state index in [2.05, 4.69) is 69.1 Å². The van der Waals surface area contributed by atoms with Crippen molar-refractivity contribution in [1.82, 2.24) is 0 Å². The highest BCUT2D eigenvalue weighted by molar-refractivity contribution is 5.69. The molecular formula is C17H22N2. The third kappa shape index (κ3) is 2.79. The summed E-state index contributed by atoms with van der Waals surface area (Å²) >= 11 is 0. The Morgan fingerprint density at radius 2 is 1.47 bits per heavy atom. The largest absolute Gasteiger partial charge is 0.344 e. The van der Waals surface area contributed by atoms with Crippen LogP contribution in [-0.4, -0.2) is 7.05 Å². The molecule has 0 aliphatic carbocycles. The summed E-state index contributed by atoms with van der Waals surface area (Å²) in [6.45, 7) is 6.93. The third-order valence-corrected chi connectivity index (χ3v) is 3.53. The zero-order valence-electron chi connectivity index (χ0n) is 12.2. The smallest absolute Gasteiger partial charge is 0.0453 e. The first kappa shape index (κ1) is 13.6. The second kappa shape index (κ2) is 5.45. The molecule has 0 aliphatic heterocycles. The lowest BCUT2D eigenvalue weighted by molar-refractivity contribution is 1.04. The van der Waals surface area contributed by atoms with E-state index < -0.39 is 0 Å². The molecule has 100 valence electrons. The van der Waals surface area contributed by atoms with Crippen molar-refractivity contribution in [3.8, 4) is 0 Å². The van der Waals surface area contributed by atoms with Gasteiger partial charge in [0.05, 0.1) is 0 Å². The molecule has 2 heteroatoms. The first-order valence-corrected chi connectivity index (χ1v) is 6.63. The van der Waals surface area contributed by atoms with Gasteiger partial charge < -0.3 is 10.6 Å². The van der Waals surface area contributed by atoms with E-state index in [0.717, 1.165) is 0 Å². The van der Waals surface area contributed by atoms with E-state index in [4.69, 9.17) is 5.73 Å². The van der Waals surface area contributed by atoms with E-state index in [1.165, 1.54) is 33.6 Å². The second-order valence-electron chi connectivity index (χ2n) is 5.19. The minimum absolute atomic E-state index is 0.562. The third-order valence-electron chi connectivity index (χ3n) is 3.53. The van der Waals surface area contributed by atoms with Gasteiger partial charge in [0.1, 0.15) is 0 Å². The maximum absolute atomic E-state index is 5.87. The highest BCUT2D eigenvalue weighted by atomic mass is 15.1. The van der Waals surface area contributed by atoms with Crippen molar-refractivity contribution in [2.75, 3.05) is 11.9 Å². The summed E-state index contributed by atoms with van der Waals surface area (Å²) in [7, 11) is 2.10. The average Bonchev–Trinajstić information content (AvgIpc) is 2.37. The van der Waals surface area contributed by atoms with Crippen molar-refractivity contribution in [2.45, 2.75) is 27.3 Å². The summed E-state index contributed by atoms with van der Waals surface area (Å²) < 4.78 is 0. The number of hydrogen-bond donors (Lipinski definition) is 1. The molecular weight excluding hydrogens is 232 g/mol. The molecule has 0 aliphatic rings. The van der Waals surface area contributed by atoms with Gasteiger partial charge in [-0.25, -0.2) is 0 Å². The van der Waals surface area contributed by atoms with Crippen LogP contribution < -0.4 is 10.6 Å². The van der Waals surface area contributed by atoms with Gasteiger partial charge in [-0.3, -0.25) is 0 Å². The van der Waals surface area contributed by atoms with Gasteiger partial charge in [-0.2, -0.15) is 0 Å². The number of rotatable bonds is 3. The van der Waals surface area contributed by atoms with Gasteiger partial charge in [0.2, 0.25) is 0 Å². The topological polar surface area (TPSA) is 29.3 Å². The van der Waals surface area contributed by atoms with Crippen LogP contribution in [0.25, 0.3) is 0 Å². The molecule has 0 radical (unpaired) electrons. The SMILES string of the molecule is Cc1ccc(N(C)c2ccc(C)cc2CN)c(C)c1. The molecule has 0 atom stereocenters. The summed E-state index contributed by atoms with van der Waals surface area (Å²) in [6, 6.07) is 13.0. The predicted octanol–water partition coefficient (Wildman–Crippen LogP) is 3.84. The van der Waals surface area contributed by atoms with Crippen LogP contribution in [0.2, 0.25) is 0 Å². The fraction of sp³-hybridized carbons (Fsp3) is 0.294. The molecule has 2 N–H and O–H groups in total. The summed E-state index contributed by atoms with van der Waals surface area (Å²) in [6.07, 6.45) is 0. The van der Waals surface area contributed by atoms with Gasteiger partial charge >= 0.3 is 0 Å². The van der Waals surface area contributed by atoms with Crippen LogP contribution in [-0.2, 0) is 6.54 Å². The molecule has 0 fully saturated rings.